The average Bonchev–Trinajstić information content (AvgIpc) is 2.54. The van der Waals surface area contributed by atoms with Gasteiger partial charge in [-0.15, -0.1) is 12.6 Å². The van der Waals surface area contributed by atoms with Gasteiger partial charge in [0.25, 0.3) is 0 Å². The van der Waals surface area contributed by atoms with Gasteiger partial charge in [0.15, 0.2) is 6.10 Å². The molecular weight excluding hydrogens is 360 g/mol. The minimum Gasteiger partial charge on any atom is -0.463 e. The maximum Gasteiger partial charge on any atom is 0.303 e. The Morgan fingerprint density at radius 2 is 1.73 bits per heavy atom. The molecule has 1 aliphatic heterocycles. The third-order valence-electron chi connectivity index (χ3n) is 3.87. The number of thiol groups is 1. The maximum absolute atomic E-state index is 11.5. The van der Waals surface area contributed by atoms with Crippen molar-refractivity contribution in [1.82, 2.24) is 0 Å². The van der Waals surface area contributed by atoms with Crippen LogP contribution < -0.4 is 0 Å². The number of esters is 3. The van der Waals surface area contributed by atoms with Gasteiger partial charge in [0.2, 0.25) is 0 Å². The van der Waals surface area contributed by atoms with Crippen LogP contribution in [-0.2, 0) is 33.3 Å². The summed E-state index contributed by atoms with van der Waals surface area (Å²) in [7, 11) is 0. The molecule has 1 fully saturated rings. The van der Waals surface area contributed by atoms with E-state index in [1.165, 1.54) is 20.8 Å². The highest BCUT2D eigenvalue weighted by Crippen LogP contribution is 2.37. The Morgan fingerprint density at radius 1 is 1.08 bits per heavy atom. The Bertz CT molecular complexity index is 675. The summed E-state index contributed by atoms with van der Waals surface area (Å²) >= 11 is 4.44. The van der Waals surface area contributed by atoms with Gasteiger partial charge >= 0.3 is 17.9 Å². The quantitative estimate of drug-likeness (QED) is 0.475. The van der Waals surface area contributed by atoms with Crippen LogP contribution in [0, 0.1) is 0 Å². The fraction of sp³-hybridized carbons (Fsp3) is 0.500. The number of carbonyl (C=O) groups excluding carboxylic acids is 3. The Kier molecular flexibility index (Phi) is 7.05. The highest BCUT2D eigenvalue weighted by Gasteiger charge is 2.44. The zero-order valence-corrected chi connectivity index (χ0v) is 15.7. The lowest BCUT2D eigenvalue weighted by atomic mass is 9.93. The van der Waals surface area contributed by atoms with Crippen molar-refractivity contribution in [2.45, 2.75) is 56.5 Å². The fourth-order valence-electron chi connectivity index (χ4n) is 2.89. The summed E-state index contributed by atoms with van der Waals surface area (Å²) in [5, 5.41) is 0. The molecule has 142 valence electrons. The molecular formula is C18H22O7S. The maximum atomic E-state index is 11.5. The van der Waals surface area contributed by atoms with Crippen molar-refractivity contribution < 1.29 is 33.3 Å². The number of carbonyl (C=O) groups is 3. The molecule has 0 spiro atoms. The number of hydrogen-bond acceptors (Lipinski definition) is 8. The molecule has 26 heavy (non-hydrogen) atoms. The van der Waals surface area contributed by atoms with Crippen molar-refractivity contribution in [3.8, 4) is 0 Å². The molecule has 4 atom stereocenters. The summed E-state index contributed by atoms with van der Waals surface area (Å²) < 4.78 is 21.8. The third-order valence-corrected chi connectivity index (χ3v) is 4.28. The van der Waals surface area contributed by atoms with Crippen LogP contribution in [0.3, 0.4) is 0 Å². The molecule has 1 saturated heterocycles. The lowest BCUT2D eigenvalue weighted by Crippen LogP contribution is -2.51. The van der Waals surface area contributed by atoms with Gasteiger partial charge < -0.3 is 18.9 Å². The third kappa shape index (κ3) is 5.47. The van der Waals surface area contributed by atoms with Gasteiger partial charge in [-0.05, 0) is 11.6 Å². The van der Waals surface area contributed by atoms with Crippen LogP contribution in [0.4, 0.5) is 0 Å². The van der Waals surface area contributed by atoms with Crippen LogP contribution >= 0.6 is 12.6 Å². The van der Waals surface area contributed by atoms with Crippen molar-refractivity contribution in [3.63, 3.8) is 0 Å². The van der Waals surface area contributed by atoms with Crippen LogP contribution in [0.5, 0.6) is 0 Å². The molecule has 0 saturated carbocycles. The Labute approximate surface area is 157 Å². The summed E-state index contributed by atoms with van der Waals surface area (Å²) in [4.78, 5) is 34.9. The smallest absolute Gasteiger partial charge is 0.303 e. The molecule has 1 heterocycles. The van der Waals surface area contributed by atoms with E-state index in [0.717, 1.165) is 10.5 Å². The molecule has 1 aromatic carbocycles. The highest BCUT2D eigenvalue weighted by atomic mass is 32.1. The predicted molar refractivity (Wildman–Crippen MR) is 93.7 cm³/mol. The Balaban J connectivity index is 2.31. The van der Waals surface area contributed by atoms with Gasteiger partial charge in [0.05, 0.1) is 6.10 Å². The van der Waals surface area contributed by atoms with Crippen molar-refractivity contribution in [2.75, 3.05) is 6.61 Å². The molecule has 0 aromatic heterocycles. The van der Waals surface area contributed by atoms with Gasteiger partial charge in [-0.3, -0.25) is 14.4 Å². The van der Waals surface area contributed by atoms with E-state index < -0.39 is 42.3 Å². The second-order valence-electron chi connectivity index (χ2n) is 5.98. The van der Waals surface area contributed by atoms with Crippen LogP contribution in [0.2, 0.25) is 0 Å². The van der Waals surface area contributed by atoms with Crippen molar-refractivity contribution in [1.29, 1.82) is 0 Å². The molecule has 0 N–H and O–H groups in total. The minimum atomic E-state index is -0.876. The van der Waals surface area contributed by atoms with Crippen LogP contribution in [0.15, 0.2) is 29.2 Å². The number of ether oxygens (including phenoxy) is 4. The van der Waals surface area contributed by atoms with E-state index in [-0.39, 0.29) is 13.0 Å². The Hall–Kier alpha value is -2.06. The number of benzene rings is 1. The van der Waals surface area contributed by atoms with Crippen molar-refractivity contribution in [3.05, 3.63) is 29.8 Å². The molecule has 8 heteroatoms. The van der Waals surface area contributed by atoms with E-state index in [1.807, 2.05) is 24.3 Å². The lowest BCUT2D eigenvalue weighted by molar-refractivity contribution is -0.216. The van der Waals surface area contributed by atoms with Crippen molar-refractivity contribution >= 4 is 30.5 Å². The second-order valence-corrected chi connectivity index (χ2v) is 6.46. The van der Waals surface area contributed by atoms with Gasteiger partial charge in [0, 0.05) is 32.1 Å². The van der Waals surface area contributed by atoms with Crippen molar-refractivity contribution in [2.24, 2.45) is 0 Å². The van der Waals surface area contributed by atoms with E-state index in [4.69, 9.17) is 18.9 Å². The van der Waals surface area contributed by atoms with Gasteiger partial charge in [0.1, 0.15) is 18.8 Å². The normalized spacial score (nSPS) is 25.2. The molecule has 0 unspecified atom stereocenters. The molecule has 7 nitrogen and oxygen atoms in total. The first kappa shape index (κ1) is 20.3. The number of hydrogen-bond donors (Lipinski definition) is 1. The van der Waals surface area contributed by atoms with E-state index in [1.54, 1.807) is 0 Å². The first-order chi connectivity index (χ1) is 12.3. The molecule has 0 radical (unpaired) electrons. The molecule has 0 aliphatic carbocycles. The monoisotopic (exact) mass is 382 g/mol. The largest absolute Gasteiger partial charge is 0.463 e. The van der Waals surface area contributed by atoms with E-state index in [9.17, 15) is 14.4 Å². The summed E-state index contributed by atoms with van der Waals surface area (Å²) in [6, 6.07) is 7.36. The average molecular weight is 382 g/mol. The van der Waals surface area contributed by atoms with Crippen LogP contribution in [0.25, 0.3) is 0 Å². The molecule has 0 amide bonds. The van der Waals surface area contributed by atoms with E-state index >= 15 is 0 Å². The van der Waals surface area contributed by atoms with E-state index in [0.29, 0.717) is 0 Å². The fourth-order valence-corrected chi connectivity index (χ4v) is 3.20. The second kappa shape index (κ2) is 9.05. The number of rotatable bonds is 5. The zero-order chi connectivity index (χ0) is 19.3. The highest BCUT2D eigenvalue weighted by molar-refractivity contribution is 7.80. The van der Waals surface area contributed by atoms with E-state index in [2.05, 4.69) is 12.6 Å². The predicted octanol–water partition coefficient (Wildman–Crippen LogP) is 2.23. The molecule has 2 rings (SSSR count). The molecule has 1 aliphatic rings. The summed E-state index contributed by atoms with van der Waals surface area (Å²) in [6.07, 6.45) is -2.56. The zero-order valence-electron chi connectivity index (χ0n) is 14.8. The minimum absolute atomic E-state index is 0.129. The first-order valence-corrected chi connectivity index (χ1v) is 8.63. The standard InChI is InChI=1S/C18H22O7S/c1-10(19)22-9-16-18(24-12(3)21)15(23-11(2)20)8-14(25-16)13-6-4-5-7-17(13)26/h4-7,14-16,18,26H,8-9H2,1-3H3/t14-,15+,16+,18-/m1/s1. The summed E-state index contributed by atoms with van der Waals surface area (Å²) in [6.45, 7) is 3.68. The van der Waals surface area contributed by atoms with Crippen LogP contribution in [0.1, 0.15) is 38.9 Å². The van der Waals surface area contributed by atoms with Gasteiger partial charge in [-0.1, -0.05) is 18.2 Å². The van der Waals surface area contributed by atoms with Crippen LogP contribution in [-0.4, -0.2) is 42.8 Å². The van der Waals surface area contributed by atoms with Gasteiger partial charge in [-0.25, -0.2) is 0 Å². The SMILES string of the molecule is CC(=O)OC[C@@H]1O[C@@H](c2ccccc2S)C[C@H](OC(C)=O)[C@H]1OC(C)=O. The Morgan fingerprint density at radius 3 is 2.31 bits per heavy atom. The topological polar surface area (TPSA) is 88.1 Å². The lowest BCUT2D eigenvalue weighted by Gasteiger charge is -2.40. The molecule has 0 bridgehead atoms. The summed E-state index contributed by atoms with van der Waals surface area (Å²) in [5.74, 6) is -1.54. The first-order valence-electron chi connectivity index (χ1n) is 8.19. The summed E-state index contributed by atoms with van der Waals surface area (Å²) in [5.41, 5.74) is 0.807. The van der Waals surface area contributed by atoms with Gasteiger partial charge in [-0.2, -0.15) is 0 Å². The molecule has 1 aromatic rings.